The van der Waals surface area contributed by atoms with Crippen LogP contribution >= 0.6 is 0 Å². The third-order valence-electron chi connectivity index (χ3n) is 8.12. The first kappa shape index (κ1) is 14.9. The van der Waals surface area contributed by atoms with Crippen molar-refractivity contribution in [1.82, 2.24) is 19.5 Å². The molecular formula is C42H30N4. The number of aromatic nitrogens is 4. The van der Waals surface area contributed by atoms with E-state index in [4.69, 9.17) is 31.4 Å². The summed E-state index contributed by atoms with van der Waals surface area (Å²) in [5, 5.41) is -0.812. The highest BCUT2D eigenvalue weighted by atomic mass is 15.2. The van der Waals surface area contributed by atoms with Gasteiger partial charge in [-0.05, 0) is 57.6 Å². The summed E-state index contributed by atoms with van der Waals surface area (Å²) in [6, 6.07) is 17.6. The monoisotopic (exact) mass is 606 g/mol. The largest absolute Gasteiger partial charge is 0.278 e. The van der Waals surface area contributed by atoms with Crippen molar-refractivity contribution < 1.29 is 21.9 Å². The second-order valence-corrected chi connectivity index (χ2v) is 10.9. The van der Waals surface area contributed by atoms with Crippen LogP contribution in [-0.2, 0) is 5.41 Å². The van der Waals surface area contributed by atoms with E-state index in [1.165, 1.54) is 0 Å². The van der Waals surface area contributed by atoms with Crippen LogP contribution in [0.1, 0.15) is 46.8 Å². The smallest absolute Gasteiger partial charge is 0.238 e. The fourth-order valence-corrected chi connectivity index (χ4v) is 5.96. The molecule has 0 fully saturated rings. The van der Waals surface area contributed by atoms with Gasteiger partial charge in [0, 0.05) is 35.5 Å². The third kappa shape index (κ3) is 4.04. The lowest BCUT2D eigenvalue weighted by Crippen LogP contribution is -2.14. The molecule has 0 aliphatic heterocycles. The molecule has 2 aromatic heterocycles. The van der Waals surface area contributed by atoms with E-state index in [1.807, 2.05) is 42.5 Å². The van der Waals surface area contributed by atoms with Crippen molar-refractivity contribution in [2.24, 2.45) is 0 Å². The highest BCUT2D eigenvalue weighted by Crippen LogP contribution is 2.50. The minimum atomic E-state index is -3.63. The Kier molecular flexibility index (Phi) is 3.27. The van der Waals surface area contributed by atoms with Crippen molar-refractivity contribution in [1.29, 1.82) is 0 Å². The number of para-hydroxylation sites is 1. The molecule has 46 heavy (non-hydrogen) atoms. The van der Waals surface area contributed by atoms with Crippen molar-refractivity contribution in [2.45, 2.75) is 19.1 Å². The average molecular weight is 607 g/mol. The standard InChI is InChI=1S/C42H30N4/c1-42(2)35-22-11-9-20-31(35)33-26-38-34(25-36(33)42)32-21-10-12-23-37(32)46(38)41-44-39(28-16-7-4-8-17-28)43-40(45-41)30-19-13-18-29(24-30)27-14-5-3-6-15-27/h3-26H,1-2H3/i1D3,2D3,9D,10D,11D,12D,20D,21D,22D,23D,25D,26D. The fraction of sp³-hybridized carbons (Fsp3) is 0.0714. The second-order valence-electron chi connectivity index (χ2n) is 10.9. The number of rotatable bonds is 4. The molecule has 0 spiro atoms. The number of nitrogens with zero attached hydrogens (tertiary/aromatic N) is 4. The van der Waals surface area contributed by atoms with Crippen LogP contribution in [0, 0.1) is 0 Å². The highest BCUT2D eigenvalue weighted by molar-refractivity contribution is 6.11. The number of hydrogen-bond donors (Lipinski definition) is 0. The number of fused-ring (bicyclic) bond motifs is 6. The van der Waals surface area contributed by atoms with Crippen LogP contribution in [0.25, 0.3) is 72.8 Å². The minimum Gasteiger partial charge on any atom is -0.278 e. The Balaban J connectivity index is 1.51. The first-order valence-corrected chi connectivity index (χ1v) is 14.4. The molecule has 4 heteroatoms. The molecule has 9 rings (SSSR count). The van der Waals surface area contributed by atoms with Gasteiger partial charge in [-0.1, -0.05) is 135 Å². The van der Waals surface area contributed by atoms with E-state index in [2.05, 4.69) is 0 Å². The van der Waals surface area contributed by atoms with Gasteiger partial charge in [-0.25, -0.2) is 4.98 Å². The third-order valence-corrected chi connectivity index (χ3v) is 8.12. The van der Waals surface area contributed by atoms with Gasteiger partial charge in [-0.3, -0.25) is 4.57 Å². The molecule has 0 saturated carbocycles. The molecule has 0 saturated heterocycles. The molecule has 218 valence electrons. The predicted octanol–water partition coefficient (Wildman–Crippen LogP) is 10.3. The van der Waals surface area contributed by atoms with Crippen molar-refractivity contribution in [3.05, 3.63) is 156 Å². The highest BCUT2D eigenvalue weighted by Gasteiger charge is 2.36. The topological polar surface area (TPSA) is 43.6 Å². The normalized spacial score (nSPS) is 18.7. The molecule has 6 aromatic carbocycles. The van der Waals surface area contributed by atoms with Crippen LogP contribution < -0.4 is 0 Å². The van der Waals surface area contributed by atoms with Crippen molar-refractivity contribution >= 4 is 21.8 Å². The first-order valence-electron chi connectivity index (χ1n) is 22.4. The van der Waals surface area contributed by atoms with Gasteiger partial charge < -0.3 is 0 Å². The van der Waals surface area contributed by atoms with Gasteiger partial charge in [0.1, 0.15) is 0 Å². The van der Waals surface area contributed by atoms with E-state index >= 15 is 0 Å². The molecule has 0 bridgehead atoms. The quantitative estimate of drug-likeness (QED) is 0.200. The molecule has 2 heterocycles. The van der Waals surface area contributed by atoms with Gasteiger partial charge in [0.15, 0.2) is 11.6 Å². The van der Waals surface area contributed by atoms with E-state index < -0.39 is 107 Å². The van der Waals surface area contributed by atoms with Crippen molar-refractivity contribution in [2.75, 3.05) is 0 Å². The lowest BCUT2D eigenvalue weighted by atomic mass is 9.82. The van der Waals surface area contributed by atoms with Crippen molar-refractivity contribution in [3.63, 3.8) is 0 Å². The Hall–Kier alpha value is -5.87. The molecule has 0 unspecified atom stereocenters. The lowest BCUT2D eigenvalue weighted by Gasteiger charge is -2.21. The number of hydrogen-bond acceptors (Lipinski definition) is 3. The van der Waals surface area contributed by atoms with Crippen LogP contribution in [0.2, 0.25) is 0 Å². The molecule has 0 N–H and O–H groups in total. The predicted molar refractivity (Wildman–Crippen MR) is 188 cm³/mol. The zero-order valence-electron chi connectivity index (χ0n) is 39.9. The Morgan fingerprint density at radius 3 is 2.04 bits per heavy atom. The van der Waals surface area contributed by atoms with Gasteiger partial charge in [0.2, 0.25) is 5.95 Å². The van der Waals surface area contributed by atoms with E-state index in [0.29, 0.717) is 11.1 Å². The molecule has 1 aliphatic carbocycles. The second kappa shape index (κ2) is 10.1. The van der Waals surface area contributed by atoms with Gasteiger partial charge in [0.25, 0.3) is 0 Å². The van der Waals surface area contributed by atoms with Crippen LogP contribution in [0.4, 0.5) is 0 Å². The fourth-order valence-electron chi connectivity index (χ4n) is 5.96. The maximum atomic E-state index is 9.94. The summed E-state index contributed by atoms with van der Waals surface area (Å²) in [6.07, 6.45) is 0. The lowest BCUT2D eigenvalue weighted by molar-refractivity contribution is 0.661. The van der Waals surface area contributed by atoms with Crippen LogP contribution in [0.5, 0.6) is 0 Å². The Labute approximate surface area is 290 Å². The summed E-state index contributed by atoms with van der Waals surface area (Å²) in [6.45, 7) is -7.27. The molecule has 8 aromatic rings. The molecule has 0 radical (unpaired) electrons. The molecule has 1 aliphatic rings. The molecule has 0 atom stereocenters. The van der Waals surface area contributed by atoms with E-state index in [9.17, 15) is 5.48 Å². The van der Waals surface area contributed by atoms with Gasteiger partial charge in [-0.2, -0.15) is 9.97 Å². The van der Waals surface area contributed by atoms with E-state index in [-0.39, 0.29) is 34.0 Å². The summed E-state index contributed by atoms with van der Waals surface area (Å²) < 4.78 is 145. The van der Waals surface area contributed by atoms with Gasteiger partial charge >= 0.3 is 0 Å². The van der Waals surface area contributed by atoms with Gasteiger partial charge in [0.05, 0.1) is 24.7 Å². The summed E-state index contributed by atoms with van der Waals surface area (Å²) in [7, 11) is 0. The van der Waals surface area contributed by atoms with Crippen LogP contribution in [0.15, 0.2) is 145 Å². The minimum absolute atomic E-state index is 0.101. The summed E-state index contributed by atoms with van der Waals surface area (Å²) in [5.74, 6) is -0.0823. The molecular weight excluding hydrogens is 560 g/mol. The first-order chi connectivity index (χ1) is 29.2. The van der Waals surface area contributed by atoms with E-state index in [0.717, 1.165) is 15.7 Å². The summed E-state index contributed by atoms with van der Waals surface area (Å²) in [5.41, 5.74) is -4.10. The summed E-state index contributed by atoms with van der Waals surface area (Å²) >= 11 is 0. The summed E-state index contributed by atoms with van der Waals surface area (Å²) in [4.78, 5) is 14.4. The van der Waals surface area contributed by atoms with Gasteiger partial charge in [-0.15, -0.1) is 0 Å². The zero-order valence-corrected chi connectivity index (χ0v) is 23.9. The Bertz CT molecular complexity index is 3200. The Morgan fingerprint density at radius 1 is 0.565 bits per heavy atom. The van der Waals surface area contributed by atoms with Crippen molar-refractivity contribution in [3.8, 4) is 51.0 Å². The van der Waals surface area contributed by atoms with E-state index in [1.54, 1.807) is 42.5 Å². The number of benzene rings is 6. The maximum absolute atomic E-state index is 9.94. The Morgan fingerprint density at radius 2 is 1.24 bits per heavy atom. The SMILES string of the molecule is [2H]c1c([2H])c([2H])c2c(c1[2H])-c1c(c([2H])c3c4c([2H])c([2H])c([2H])c([2H])c4n(-c4nc(-c5ccccc5)nc(-c5cccc(-c6ccccc6)c5)n4)c3c1[2H])C2(C([2H])([2H])[2H])C([2H])([2H])[2H]. The van der Waals surface area contributed by atoms with Crippen LogP contribution in [0.3, 0.4) is 0 Å². The molecule has 4 nitrogen and oxygen atoms in total. The molecule has 0 amide bonds. The maximum Gasteiger partial charge on any atom is 0.238 e. The average Bonchev–Trinajstić information content (AvgIpc) is 3.80. The van der Waals surface area contributed by atoms with Crippen LogP contribution in [-0.4, -0.2) is 19.5 Å². The zero-order chi connectivity index (χ0) is 44.5.